The first-order chi connectivity index (χ1) is 7.22. The normalized spacial score (nSPS) is 12.1. The zero-order chi connectivity index (χ0) is 11.1. The number of ether oxygens (including phenoxy) is 1. The fourth-order valence-corrected chi connectivity index (χ4v) is 0.878. The standard InChI is InChI=1S/C10H15N3O2/c1-3-8(2)15-7-10(14)13-9-6-11-4-5-12-9/h4-6,8H,3,7H2,1-2H3,(H,12,13,14)/t8-/m1/s1. The van der Waals surface area contributed by atoms with Gasteiger partial charge in [0, 0.05) is 12.4 Å². The molecule has 0 bridgehead atoms. The molecular formula is C10H15N3O2. The van der Waals surface area contributed by atoms with Gasteiger partial charge in [-0.1, -0.05) is 6.92 Å². The number of aromatic nitrogens is 2. The predicted molar refractivity (Wildman–Crippen MR) is 56.4 cm³/mol. The van der Waals surface area contributed by atoms with Gasteiger partial charge in [-0.2, -0.15) is 0 Å². The number of hydrogen-bond donors (Lipinski definition) is 1. The van der Waals surface area contributed by atoms with Crippen molar-refractivity contribution < 1.29 is 9.53 Å². The molecule has 1 aromatic rings. The Bertz CT molecular complexity index is 303. The Balaban J connectivity index is 2.31. The molecule has 0 saturated heterocycles. The molecule has 0 aliphatic rings. The molecule has 0 aliphatic heterocycles. The SMILES string of the molecule is CC[C@@H](C)OCC(=O)Nc1cnccn1. The Morgan fingerprint density at radius 2 is 2.40 bits per heavy atom. The number of hydrogen-bond acceptors (Lipinski definition) is 4. The van der Waals surface area contributed by atoms with Crippen LogP contribution in [0.1, 0.15) is 20.3 Å². The molecule has 1 aromatic heterocycles. The highest BCUT2D eigenvalue weighted by atomic mass is 16.5. The van der Waals surface area contributed by atoms with Crippen LogP contribution in [0.4, 0.5) is 5.82 Å². The highest BCUT2D eigenvalue weighted by molar-refractivity contribution is 5.90. The predicted octanol–water partition coefficient (Wildman–Crippen LogP) is 1.23. The maximum atomic E-state index is 11.3. The van der Waals surface area contributed by atoms with Crippen molar-refractivity contribution in [3.05, 3.63) is 18.6 Å². The van der Waals surface area contributed by atoms with E-state index in [1.807, 2.05) is 13.8 Å². The van der Waals surface area contributed by atoms with Crippen molar-refractivity contribution in [2.24, 2.45) is 0 Å². The molecule has 0 saturated carbocycles. The van der Waals surface area contributed by atoms with Gasteiger partial charge in [-0.05, 0) is 13.3 Å². The molecule has 0 aromatic carbocycles. The number of carbonyl (C=O) groups excluding carboxylic acids is 1. The number of carbonyl (C=O) groups is 1. The van der Waals surface area contributed by atoms with Gasteiger partial charge in [-0.3, -0.25) is 9.78 Å². The smallest absolute Gasteiger partial charge is 0.251 e. The molecule has 5 heteroatoms. The molecule has 0 unspecified atom stereocenters. The van der Waals surface area contributed by atoms with Crippen molar-refractivity contribution in [1.29, 1.82) is 0 Å². The second-order valence-electron chi connectivity index (χ2n) is 3.17. The zero-order valence-electron chi connectivity index (χ0n) is 8.93. The van der Waals surface area contributed by atoms with Gasteiger partial charge in [0.15, 0.2) is 5.82 Å². The van der Waals surface area contributed by atoms with Crippen LogP contribution in [-0.4, -0.2) is 28.6 Å². The number of amides is 1. The third-order valence-corrected chi connectivity index (χ3v) is 1.90. The lowest BCUT2D eigenvalue weighted by Gasteiger charge is -2.09. The molecule has 1 N–H and O–H groups in total. The molecule has 82 valence electrons. The minimum absolute atomic E-state index is 0.0472. The Kier molecular flexibility index (Phi) is 4.70. The first-order valence-electron chi connectivity index (χ1n) is 4.89. The molecule has 0 aliphatic carbocycles. The van der Waals surface area contributed by atoms with Gasteiger partial charge in [0.25, 0.3) is 5.91 Å². The van der Waals surface area contributed by atoms with Crippen LogP contribution in [0.15, 0.2) is 18.6 Å². The largest absolute Gasteiger partial charge is 0.369 e. The second-order valence-corrected chi connectivity index (χ2v) is 3.17. The first kappa shape index (κ1) is 11.6. The van der Waals surface area contributed by atoms with Crippen molar-refractivity contribution in [3.63, 3.8) is 0 Å². The van der Waals surface area contributed by atoms with Gasteiger partial charge in [0.1, 0.15) is 6.61 Å². The summed E-state index contributed by atoms with van der Waals surface area (Å²) in [7, 11) is 0. The van der Waals surface area contributed by atoms with Crippen LogP contribution < -0.4 is 5.32 Å². The van der Waals surface area contributed by atoms with Crippen LogP contribution in [0.3, 0.4) is 0 Å². The Hall–Kier alpha value is -1.49. The van der Waals surface area contributed by atoms with Crippen LogP contribution in [0.2, 0.25) is 0 Å². The third kappa shape index (κ3) is 4.51. The van der Waals surface area contributed by atoms with E-state index in [4.69, 9.17) is 4.74 Å². The molecular weight excluding hydrogens is 194 g/mol. The summed E-state index contributed by atoms with van der Waals surface area (Å²) in [5, 5.41) is 2.58. The molecule has 5 nitrogen and oxygen atoms in total. The average Bonchev–Trinajstić information content (AvgIpc) is 2.27. The molecule has 1 rings (SSSR count). The number of nitrogens with one attached hydrogen (secondary N) is 1. The molecule has 0 spiro atoms. The lowest BCUT2D eigenvalue weighted by Crippen LogP contribution is -2.22. The quantitative estimate of drug-likeness (QED) is 0.792. The van der Waals surface area contributed by atoms with Crippen LogP contribution >= 0.6 is 0 Å². The monoisotopic (exact) mass is 209 g/mol. The van der Waals surface area contributed by atoms with Gasteiger partial charge >= 0.3 is 0 Å². The van der Waals surface area contributed by atoms with E-state index in [9.17, 15) is 4.79 Å². The molecule has 1 atom stereocenters. The minimum Gasteiger partial charge on any atom is -0.369 e. The lowest BCUT2D eigenvalue weighted by atomic mass is 10.3. The van der Waals surface area contributed by atoms with Crippen molar-refractivity contribution in [1.82, 2.24) is 9.97 Å². The zero-order valence-corrected chi connectivity index (χ0v) is 8.93. The Labute approximate surface area is 88.9 Å². The van der Waals surface area contributed by atoms with Gasteiger partial charge < -0.3 is 10.1 Å². The van der Waals surface area contributed by atoms with E-state index in [1.165, 1.54) is 12.4 Å². The highest BCUT2D eigenvalue weighted by Crippen LogP contribution is 1.99. The fraction of sp³-hybridized carbons (Fsp3) is 0.500. The van der Waals surface area contributed by atoms with E-state index in [0.717, 1.165) is 6.42 Å². The number of anilines is 1. The van der Waals surface area contributed by atoms with Crippen molar-refractivity contribution in [2.75, 3.05) is 11.9 Å². The Morgan fingerprint density at radius 3 is 3.00 bits per heavy atom. The third-order valence-electron chi connectivity index (χ3n) is 1.90. The van der Waals surface area contributed by atoms with Crippen molar-refractivity contribution >= 4 is 11.7 Å². The molecule has 1 amide bonds. The summed E-state index contributed by atoms with van der Waals surface area (Å²) >= 11 is 0. The van der Waals surface area contributed by atoms with Crippen LogP contribution in [0, 0.1) is 0 Å². The second kappa shape index (κ2) is 6.08. The summed E-state index contributed by atoms with van der Waals surface area (Å²) in [5.74, 6) is 0.228. The molecule has 0 fully saturated rings. The van der Waals surface area contributed by atoms with E-state index < -0.39 is 0 Å². The maximum absolute atomic E-state index is 11.3. The van der Waals surface area contributed by atoms with Crippen molar-refractivity contribution in [2.45, 2.75) is 26.4 Å². The van der Waals surface area contributed by atoms with Gasteiger partial charge in [-0.25, -0.2) is 4.98 Å². The van der Waals surface area contributed by atoms with E-state index in [-0.39, 0.29) is 18.6 Å². The van der Waals surface area contributed by atoms with E-state index >= 15 is 0 Å². The summed E-state index contributed by atoms with van der Waals surface area (Å²) in [6.45, 7) is 3.98. The van der Waals surface area contributed by atoms with Crippen molar-refractivity contribution in [3.8, 4) is 0 Å². The van der Waals surface area contributed by atoms with Gasteiger partial charge in [0.2, 0.25) is 0 Å². The summed E-state index contributed by atoms with van der Waals surface area (Å²) in [5.41, 5.74) is 0. The fourth-order valence-electron chi connectivity index (χ4n) is 0.878. The average molecular weight is 209 g/mol. The first-order valence-corrected chi connectivity index (χ1v) is 4.89. The summed E-state index contributed by atoms with van der Waals surface area (Å²) in [4.78, 5) is 19.1. The van der Waals surface area contributed by atoms with Gasteiger partial charge in [-0.15, -0.1) is 0 Å². The topological polar surface area (TPSA) is 64.1 Å². The van der Waals surface area contributed by atoms with E-state index in [2.05, 4.69) is 15.3 Å². The molecule has 1 heterocycles. The highest BCUT2D eigenvalue weighted by Gasteiger charge is 2.05. The van der Waals surface area contributed by atoms with E-state index in [0.29, 0.717) is 5.82 Å². The minimum atomic E-state index is -0.212. The summed E-state index contributed by atoms with van der Waals surface area (Å²) < 4.78 is 5.26. The summed E-state index contributed by atoms with van der Waals surface area (Å²) in [6.07, 6.45) is 5.54. The number of nitrogens with zero attached hydrogens (tertiary/aromatic N) is 2. The van der Waals surface area contributed by atoms with Crippen LogP contribution in [0.25, 0.3) is 0 Å². The lowest BCUT2D eigenvalue weighted by molar-refractivity contribution is -0.122. The van der Waals surface area contributed by atoms with Crippen LogP contribution in [-0.2, 0) is 9.53 Å². The molecule has 0 radical (unpaired) electrons. The summed E-state index contributed by atoms with van der Waals surface area (Å²) in [6, 6.07) is 0. The van der Waals surface area contributed by atoms with E-state index in [1.54, 1.807) is 6.20 Å². The molecule has 15 heavy (non-hydrogen) atoms. The van der Waals surface area contributed by atoms with Crippen LogP contribution in [0.5, 0.6) is 0 Å². The maximum Gasteiger partial charge on any atom is 0.251 e. The number of rotatable bonds is 5. The van der Waals surface area contributed by atoms with Gasteiger partial charge in [0.05, 0.1) is 12.3 Å². The Morgan fingerprint density at radius 1 is 1.60 bits per heavy atom.